The maximum atomic E-state index is 13.1. The molecule has 3 aromatic rings. The van der Waals surface area contributed by atoms with E-state index in [1.54, 1.807) is 4.68 Å². The van der Waals surface area contributed by atoms with Gasteiger partial charge in [-0.25, -0.2) is 0 Å². The van der Waals surface area contributed by atoms with Crippen molar-refractivity contribution in [3.8, 4) is 0 Å². The quantitative estimate of drug-likeness (QED) is 0.618. The number of fused-ring (bicyclic) bond motifs is 1. The highest BCUT2D eigenvalue weighted by molar-refractivity contribution is 6.04. The Morgan fingerprint density at radius 2 is 1.58 bits per heavy atom. The van der Waals surface area contributed by atoms with Crippen LogP contribution in [0, 0.1) is 5.92 Å². The van der Waals surface area contributed by atoms with E-state index in [0.29, 0.717) is 37.9 Å². The summed E-state index contributed by atoms with van der Waals surface area (Å²) >= 11 is 0. The van der Waals surface area contributed by atoms with Crippen LogP contribution in [-0.2, 0) is 18.2 Å². The van der Waals surface area contributed by atoms with E-state index in [-0.39, 0.29) is 11.8 Å². The molecule has 1 aromatic heterocycles. The van der Waals surface area contributed by atoms with Crippen LogP contribution in [0.5, 0.6) is 0 Å². The molecule has 2 aliphatic heterocycles. The Balaban J connectivity index is 1.17. The Kier molecular flexibility index (Phi) is 6.13. The van der Waals surface area contributed by atoms with Gasteiger partial charge >= 0.3 is 0 Å². The molecular weight excluding hydrogens is 416 g/mol. The van der Waals surface area contributed by atoms with Gasteiger partial charge in [-0.3, -0.25) is 14.3 Å². The van der Waals surface area contributed by atoms with Crippen molar-refractivity contribution in [2.24, 2.45) is 13.0 Å². The number of ether oxygens (including phenoxy) is 1. The third kappa shape index (κ3) is 4.50. The molecule has 2 aliphatic rings. The molecule has 2 aromatic carbocycles. The van der Waals surface area contributed by atoms with Crippen LogP contribution in [0.1, 0.15) is 39.3 Å². The third-order valence-electron chi connectivity index (χ3n) is 6.89. The van der Waals surface area contributed by atoms with Crippen molar-refractivity contribution < 1.29 is 14.3 Å². The Bertz CT molecular complexity index is 1140. The molecule has 172 valence electrons. The van der Waals surface area contributed by atoms with E-state index in [2.05, 4.69) is 17.2 Å². The number of piperidine rings is 1. The summed E-state index contributed by atoms with van der Waals surface area (Å²) in [6, 6.07) is 15.9. The van der Waals surface area contributed by atoms with Crippen LogP contribution in [0.3, 0.4) is 0 Å². The molecule has 2 fully saturated rings. The molecule has 5 rings (SSSR count). The van der Waals surface area contributed by atoms with Crippen molar-refractivity contribution in [1.82, 2.24) is 19.6 Å². The highest BCUT2D eigenvalue weighted by atomic mass is 16.5. The molecule has 3 heterocycles. The van der Waals surface area contributed by atoms with Gasteiger partial charge in [0.15, 0.2) is 5.69 Å². The van der Waals surface area contributed by atoms with Crippen LogP contribution in [0.4, 0.5) is 0 Å². The lowest BCUT2D eigenvalue weighted by Crippen LogP contribution is -2.40. The zero-order valence-electron chi connectivity index (χ0n) is 19.1. The molecule has 0 atom stereocenters. The first-order valence-corrected chi connectivity index (χ1v) is 11.8. The maximum Gasteiger partial charge on any atom is 0.275 e. The van der Waals surface area contributed by atoms with Gasteiger partial charge in [0, 0.05) is 44.2 Å². The number of benzene rings is 2. The van der Waals surface area contributed by atoms with Gasteiger partial charge < -0.3 is 14.5 Å². The van der Waals surface area contributed by atoms with Gasteiger partial charge in [0.1, 0.15) is 0 Å². The van der Waals surface area contributed by atoms with Gasteiger partial charge in [0.25, 0.3) is 11.8 Å². The fraction of sp³-hybridized carbons (Fsp3) is 0.423. The fourth-order valence-electron chi connectivity index (χ4n) is 4.93. The van der Waals surface area contributed by atoms with E-state index < -0.39 is 0 Å². The molecule has 0 aliphatic carbocycles. The van der Waals surface area contributed by atoms with Crippen molar-refractivity contribution in [2.75, 3.05) is 39.4 Å². The van der Waals surface area contributed by atoms with Gasteiger partial charge in [-0.1, -0.05) is 30.3 Å². The number of aromatic nitrogens is 2. The zero-order chi connectivity index (χ0) is 22.8. The fourth-order valence-corrected chi connectivity index (χ4v) is 4.93. The van der Waals surface area contributed by atoms with E-state index in [4.69, 9.17) is 4.74 Å². The number of amides is 2. The summed E-state index contributed by atoms with van der Waals surface area (Å²) in [6.07, 6.45) is 2.93. The second kappa shape index (κ2) is 9.35. The minimum absolute atomic E-state index is 0.0243. The summed E-state index contributed by atoms with van der Waals surface area (Å²) < 4.78 is 7.11. The Labute approximate surface area is 193 Å². The number of carbonyl (C=O) groups excluding carboxylic acids is 2. The molecular formula is C26H30N4O3. The summed E-state index contributed by atoms with van der Waals surface area (Å²) in [5.74, 6) is 0.644. The largest absolute Gasteiger partial charge is 0.378 e. The van der Waals surface area contributed by atoms with Crippen molar-refractivity contribution in [1.29, 1.82) is 0 Å². The molecule has 0 spiro atoms. The predicted molar refractivity (Wildman–Crippen MR) is 126 cm³/mol. The van der Waals surface area contributed by atoms with Crippen LogP contribution < -0.4 is 0 Å². The van der Waals surface area contributed by atoms with E-state index in [0.717, 1.165) is 48.8 Å². The Hall–Kier alpha value is -3.19. The van der Waals surface area contributed by atoms with Gasteiger partial charge in [-0.2, -0.15) is 5.10 Å². The Morgan fingerprint density at radius 1 is 0.909 bits per heavy atom. The first-order valence-electron chi connectivity index (χ1n) is 11.8. The predicted octanol–water partition coefficient (Wildman–Crippen LogP) is 3.14. The third-order valence-corrected chi connectivity index (χ3v) is 6.89. The number of para-hydroxylation sites is 1. The number of rotatable bonds is 4. The SMILES string of the molecule is Cn1nc(C(=O)N2CCC(Cc3ccc(C(=O)N4CCOCC4)cc3)CC2)c2ccccc21. The number of aryl methyl sites for hydroxylation is 1. The van der Waals surface area contributed by atoms with E-state index in [9.17, 15) is 9.59 Å². The number of likely N-dealkylation sites (tertiary alicyclic amines) is 1. The maximum absolute atomic E-state index is 13.1. The van der Waals surface area contributed by atoms with Crippen LogP contribution in [0.15, 0.2) is 48.5 Å². The standard InChI is InChI=1S/C26H30N4O3/c1-28-23-5-3-2-4-22(23)24(27-28)26(32)29-12-10-20(11-13-29)18-19-6-8-21(9-7-19)25(31)30-14-16-33-17-15-30/h2-9,20H,10-18H2,1H3. The first-order chi connectivity index (χ1) is 16.1. The van der Waals surface area contributed by atoms with Crippen molar-refractivity contribution in [3.63, 3.8) is 0 Å². The molecule has 7 nitrogen and oxygen atoms in total. The van der Waals surface area contributed by atoms with Crippen LogP contribution in [0.25, 0.3) is 10.9 Å². The first kappa shape index (κ1) is 21.6. The van der Waals surface area contributed by atoms with E-state index in [1.165, 1.54) is 5.56 Å². The average Bonchev–Trinajstić information content (AvgIpc) is 3.21. The highest BCUT2D eigenvalue weighted by Gasteiger charge is 2.27. The highest BCUT2D eigenvalue weighted by Crippen LogP contribution is 2.25. The Morgan fingerprint density at radius 3 is 2.30 bits per heavy atom. The van der Waals surface area contributed by atoms with E-state index in [1.807, 2.05) is 53.2 Å². The average molecular weight is 447 g/mol. The molecule has 0 unspecified atom stereocenters. The normalized spacial score (nSPS) is 17.5. The lowest BCUT2D eigenvalue weighted by molar-refractivity contribution is 0.0303. The second-order valence-electron chi connectivity index (χ2n) is 9.03. The molecule has 7 heteroatoms. The summed E-state index contributed by atoms with van der Waals surface area (Å²) in [5, 5.41) is 5.41. The van der Waals surface area contributed by atoms with Crippen LogP contribution in [0.2, 0.25) is 0 Å². The lowest BCUT2D eigenvalue weighted by atomic mass is 9.89. The zero-order valence-corrected chi connectivity index (χ0v) is 19.1. The summed E-state index contributed by atoms with van der Waals surface area (Å²) in [4.78, 5) is 29.6. The number of hydrogen-bond acceptors (Lipinski definition) is 4. The van der Waals surface area contributed by atoms with Crippen LogP contribution in [-0.4, -0.2) is 70.8 Å². The van der Waals surface area contributed by atoms with Gasteiger partial charge in [-0.15, -0.1) is 0 Å². The number of carbonyl (C=O) groups is 2. The molecule has 0 N–H and O–H groups in total. The summed E-state index contributed by atoms with van der Waals surface area (Å²) in [5.41, 5.74) is 3.51. The van der Waals surface area contributed by atoms with Gasteiger partial charge in [-0.05, 0) is 48.9 Å². The van der Waals surface area contributed by atoms with Crippen molar-refractivity contribution in [3.05, 3.63) is 65.4 Å². The minimum Gasteiger partial charge on any atom is -0.378 e. The lowest BCUT2D eigenvalue weighted by Gasteiger charge is -2.31. The number of nitrogens with zero attached hydrogens (tertiary/aromatic N) is 4. The molecule has 0 saturated carbocycles. The topological polar surface area (TPSA) is 67.7 Å². The number of hydrogen-bond donors (Lipinski definition) is 0. The second-order valence-corrected chi connectivity index (χ2v) is 9.03. The van der Waals surface area contributed by atoms with Gasteiger partial charge in [0.2, 0.25) is 0 Å². The molecule has 0 bridgehead atoms. The summed E-state index contributed by atoms with van der Waals surface area (Å²) in [6.45, 7) is 4.05. The minimum atomic E-state index is 0.0243. The molecule has 33 heavy (non-hydrogen) atoms. The van der Waals surface area contributed by atoms with Crippen molar-refractivity contribution >= 4 is 22.7 Å². The van der Waals surface area contributed by atoms with E-state index >= 15 is 0 Å². The molecule has 0 radical (unpaired) electrons. The molecule has 2 amide bonds. The number of morpholine rings is 1. The van der Waals surface area contributed by atoms with Crippen LogP contribution >= 0.6 is 0 Å². The monoisotopic (exact) mass is 446 g/mol. The molecule has 2 saturated heterocycles. The van der Waals surface area contributed by atoms with Gasteiger partial charge in [0.05, 0.1) is 18.7 Å². The summed E-state index contributed by atoms with van der Waals surface area (Å²) in [7, 11) is 1.88. The smallest absolute Gasteiger partial charge is 0.275 e. The van der Waals surface area contributed by atoms with Crippen molar-refractivity contribution in [2.45, 2.75) is 19.3 Å².